The van der Waals surface area contributed by atoms with E-state index >= 15 is 0 Å². The van der Waals surface area contributed by atoms with Crippen molar-refractivity contribution in [2.24, 2.45) is 0 Å². The average molecular weight is 483 g/mol. The maximum atomic E-state index is 12.9. The smallest absolute Gasteiger partial charge is 0.344 e. The fourth-order valence-corrected chi connectivity index (χ4v) is 3.29. The van der Waals surface area contributed by atoms with Crippen molar-refractivity contribution in [1.29, 1.82) is 0 Å². The second-order valence-corrected chi connectivity index (χ2v) is 7.23. The van der Waals surface area contributed by atoms with Gasteiger partial charge in [0.2, 0.25) is 5.88 Å². The lowest BCUT2D eigenvalue weighted by Gasteiger charge is -2.08. The lowest BCUT2D eigenvalue weighted by atomic mass is 10.1. The number of furan rings is 1. The van der Waals surface area contributed by atoms with Gasteiger partial charge in [0.25, 0.3) is 11.5 Å². The number of hydrogen-bond donors (Lipinski definition) is 2. The number of nitrogens with one attached hydrogen (secondary N) is 2. The number of aryl methyl sites for hydroxylation is 1. The monoisotopic (exact) mass is 483 g/mol. The summed E-state index contributed by atoms with van der Waals surface area (Å²) < 4.78 is 20.6. The highest BCUT2D eigenvalue weighted by Gasteiger charge is 2.31. The number of H-pyrrole nitrogens is 1. The Morgan fingerprint density at radius 3 is 2.26 bits per heavy atom. The van der Waals surface area contributed by atoms with Crippen LogP contribution in [0.2, 0.25) is 0 Å². The van der Waals surface area contributed by atoms with E-state index in [9.17, 15) is 19.2 Å². The van der Waals surface area contributed by atoms with Gasteiger partial charge in [0, 0.05) is 12.5 Å². The molecule has 184 valence electrons. The number of esters is 2. The predicted octanol–water partition coefficient (Wildman–Crippen LogP) is 2.88. The molecule has 11 nitrogen and oxygen atoms in total. The summed E-state index contributed by atoms with van der Waals surface area (Å²) in [5.41, 5.74) is -0.350. The predicted molar refractivity (Wildman–Crippen MR) is 124 cm³/mol. The largest absolute Gasteiger partial charge is 0.497 e. The van der Waals surface area contributed by atoms with Gasteiger partial charge in [-0.3, -0.25) is 14.9 Å². The summed E-state index contributed by atoms with van der Waals surface area (Å²) in [7, 11) is 1.56. The van der Waals surface area contributed by atoms with Gasteiger partial charge in [-0.15, -0.1) is 0 Å². The van der Waals surface area contributed by atoms with E-state index in [0.717, 1.165) is 11.6 Å². The van der Waals surface area contributed by atoms with Gasteiger partial charge in [-0.2, -0.15) is 0 Å². The number of hydrogen-bond acceptors (Lipinski definition) is 9. The third-order valence-corrected chi connectivity index (χ3v) is 4.82. The third-order valence-electron chi connectivity index (χ3n) is 4.82. The van der Waals surface area contributed by atoms with Crippen molar-refractivity contribution in [3.05, 3.63) is 74.7 Å². The Morgan fingerprint density at radius 1 is 1.03 bits per heavy atom. The lowest BCUT2D eigenvalue weighted by Crippen LogP contribution is -2.22. The average Bonchev–Trinajstić information content (AvgIpc) is 3.15. The number of aromatic amines is 1. The molecule has 2 aromatic heterocycles. The standard InChI is InChI=1S/C24H25N3O8/c1-5-33-23(30)19-13(3)35-22(20(19)24(31)34-6-2)27-21(29)16-12-18(28)26-17(25-16)11-14-7-9-15(32-4)10-8-14/h7-10,12H,5-6,11H2,1-4H3,(H,27,29)(H,25,26,28). The van der Waals surface area contributed by atoms with E-state index in [-0.39, 0.29) is 53.9 Å². The number of rotatable bonds is 9. The molecule has 1 aromatic carbocycles. The van der Waals surface area contributed by atoms with Gasteiger partial charge in [-0.25, -0.2) is 14.6 Å². The van der Waals surface area contributed by atoms with Crippen LogP contribution in [0.15, 0.2) is 39.5 Å². The van der Waals surface area contributed by atoms with Gasteiger partial charge in [-0.05, 0) is 38.5 Å². The molecule has 0 saturated carbocycles. The number of benzene rings is 1. The van der Waals surface area contributed by atoms with Crippen LogP contribution in [0, 0.1) is 6.92 Å². The zero-order valence-corrected chi connectivity index (χ0v) is 19.7. The number of methoxy groups -OCH3 is 1. The normalized spacial score (nSPS) is 10.5. The van der Waals surface area contributed by atoms with Crippen LogP contribution in [0.3, 0.4) is 0 Å². The number of nitrogens with zero attached hydrogens (tertiary/aromatic N) is 1. The summed E-state index contributed by atoms with van der Waals surface area (Å²) >= 11 is 0. The molecule has 3 aromatic rings. The Kier molecular flexibility index (Phi) is 8.03. The van der Waals surface area contributed by atoms with Crippen LogP contribution in [0.5, 0.6) is 5.75 Å². The highest BCUT2D eigenvalue weighted by Crippen LogP contribution is 2.29. The van der Waals surface area contributed by atoms with E-state index in [2.05, 4.69) is 15.3 Å². The minimum Gasteiger partial charge on any atom is -0.497 e. The first-order chi connectivity index (χ1) is 16.8. The van der Waals surface area contributed by atoms with Crippen LogP contribution in [-0.4, -0.2) is 48.1 Å². The Bertz CT molecular complexity index is 1290. The van der Waals surface area contributed by atoms with Crippen LogP contribution < -0.4 is 15.6 Å². The minimum absolute atomic E-state index is 0.0308. The van der Waals surface area contributed by atoms with Crippen LogP contribution in [-0.2, 0) is 15.9 Å². The second kappa shape index (κ2) is 11.1. The molecule has 2 heterocycles. The molecule has 0 aliphatic heterocycles. The molecule has 0 bridgehead atoms. The van der Waals surface area contributed by atoms with E-state index in [1.54, 1.807) is 45.2 Å². The van der Waals surface area contributed by atoms with Crippen molar-refractivity contribution >= 4 is 23.7 Å². The third kappa shape index (κ3) is 5.94. The molecule has 0 saturated heterocycles. The van der Waals surface area contributed by atoms with E-state index in [0.29, 0.717) is 5.75 Å². The maximum absolute atomic E-state index is 12.9. The summed E-state index contributed by atoms with van der Waals surface area (Å²) in [5.74, 6) is -1.82. The summed E-state index contributed by atoms with van der Waals surface area (Å²) in [6, 6.07) is 8.15. The fraction of sp³-hybridized carbons (Fsp3) is 0.292. The number of amides is 1. The quantitative estimate of drug-likeness (QED) is 0.438. The minimum atomic E-state index is -0.873. The lowest BCUT2D eigenvalue weighted by molar-refractivity contribution is 0.0480. The van der Waals surface area contributed by atoms with Gasteiger partial charge in [0.1, 0.15) is 34.2 Å². The van der Waals surface area contributed by atoms with Crippen molar-refractivity contribution in [2.75, 3.05) is 25.6 Å². The number of anilines is 1. The van der Waals surface area contributed by atoms with Gasteiger partial charge in [0.05, 0.1) is 20.3 Å². The number of ether oxygens (including phenoxy) is 3. The highest BCUT2D eigenvalue weighted by molar-refractivity contribution is 6.11. The van der Waals surface area contributed by atoms with Crippen LogP contribution in [0.1, 0.15) is 62.2 Å². The van der Waals surface area contributed by atoms with Crippen LogP contribution in [0.4, 0.5) is 5.88 Å². The summed E-state index contributed by atoms with van der Waals surface area (Å²) in [4.78, 5) is 56.9. The summed E-state index contributed by atoms with van der Waals surface area (Å²) in [5, 5.41) is 2.41. The first-order valence-corrected chi connectivity index (χ1v) is 10.8. The SMILES string of the molecule is CCOC(=O)c1c(C)oc(NC(=O)c2cc(=O)[nH]c(Cc3ccc(OC)cc3)n2)c1C(=O)OCC. The zero-order valence-electron chi connectivity index (χ0n) is 19.7. The topological polar surface area (TPSA) is 150 Å². The van der Waals surface area contributed by atoms with Crippen molar-refractivity contribution < 1.29 is 33.0 Å². The van der Waals surface area contributed by atoms with Gasteiger partial charge in [-0.1, -0.05) is 12.1 Å². The van der Waals surface area contributed by atoms with Gasteiger partial charge < -0.3 is 23.6 Å². The number of carbonyl (C=O) groups excluding carboxylic acids is 3. The first kappa shape index (κ1) is 25.2. The number of carbonyl (C=O) groups is 3. The summed E-state index contributed by atoms with van der Waals surface area (Å²) in [6.07, 6.45) is 0.251. The Morgan fingerprint density at radius 2 is 1.66 bits per heavy atom. The first-order valence-electron chi connectivity index (χ1n) is 10.8. The molecule has 35 heavy (non-hydrogen) atoms. The molecule has 0 aliphatic rings. The van der Waals surface area contributed by atoms with Crippen LogP contribution in [0.25, 0.3) is 0 Å². The van der Waals surface area contributed by atoms with Gasteiger partial charge in [0.15, 0.2) is 0 Å². The molecule has 2 N–H and O–H groups in total. The van der Waals surface area contributed by atoms with E-state index in [1.807, 2.05) is 0 Å². The molecule has 0 spiro atoms. The Labute approximate surface area is 200 Å². The van der Waals surface area contributed by atoms with E-state index in [4.69, 9.17) is 18.6 Å². The molecule has 0 aliphatic carbocycles. The fourth-order valence-electron chi connectivity index (χ4n) is 3.29. The van der Waals surface area contributed by atoms with E-state index < -0.39 is 23.4 Å². The van der Waals surface area contributed by atoms with E-state index in [1.165, 1.54) is 6.92 Å². The zero-order chi connectivity index (χ0) is 25.5. The molecular formula is C24H25N3O8. The number of aromatic nitrogens is 2. The molecule has 0 atom stereocenters. The van der Waals surface area contributed by atoms with Crippen molar-refractivity contribution in [3.8, 4) is 5.75 Å². The molecule has 3 rings (SSSR count). The molecule has 1 amide bonds. The molecule has 11 heteroatoms. The van der Waals surface area contributed by atoms with Crippen molar-refractivity contribution in [2.45, 2.75) is 27.2 Å². The second-order valence-electron chi connectivity index (χ2n) is 7.23. The molecular weight excluding hydrogens is 458 g/mol. The van der Waals surface area contributed by atoms with Crippen LogP contribution >= 0.6 is 0 Å². The highest BCUT2D eigenvalue weighted by atomic mass is 16.5. The molecule has 0 radical (unpaired) electrons. The molecule has 0 unspecified atom stereocenters. The maximum Gasteiger partial charge on any atom is 0.344 e. The Hall–Kier alpha value is -4.41. The summed E-state index contributed by atoms with van der Waals surface area (Å²) in [6.45, 7) is 4.76. The molecule has 0 fully saturated rings. The van der Waals surface area contributed by atoms with Crippen molar-refractivity contribution in [1.82, 2.24) is 9.97 Å². The van der Waals surface area contributed by atoms with Crippen molar-refractivity contribution in [3.63, 3.8) is 0 Å². The van der Waals surface area contributed by atoms with Gasteiger partial charge >= 0.3 is 11.9 Å². The Balaban J connectivity index is 1.91.